The van der Waals surface area contributed by atoms with Gasteiger partial charge in [-0.2, -0.15) is 0 Å². The minimum Gasteiger partial charge on any atom is -0.449 e. The lowest BCUT2D eigenvalue weighted by Gasteiger charge is -2.22. The Morgan fingerprint density at radius 2 is 2.05 bits per heavy atom. The van der Waals surface area contributed by atoms with Gasteiger partial charge in [-0.3, -0.25) is 15.0 Å². The largest absolute Gasteiger partial charge is 0.449 e. The van der Waals surface area contributed by atoms with Crippen molar-refractivity contribution >= 4 is 27.6 Å². The highest BCUT2D eigenvalue weighted by Crippen LogP contribution is 2.28. The number of aromatic nitrogens is 1. The molecule has 1 heterocycles. The average molecular weight is 330 g/mol. The summed E-state index contributed by atoms with van der Waals surface area (Å²) in [5, 5.41) is 11.0. The number of rotatable bonds is 9. The van der Waals surface area contributed by atoms with Gasteiger partial charge in [0.25, 0.3) is 0 Å². The molecule has 0 saturated heterocycles. The summed E-state index contributed by atoms with van der Waals surface area (Å²) in [7, 11) is 0. The molecule has 0 spiro atoms. The zero-order valence-electron chi connectivity index (χ0n) is 13.2. The van der Waals surface area contributed by atoms with Crippen molar-refractivity contribution in [2.75, 3.05) is 37.7 Å². The number of anilines is 1. The van der Waals surface area contributed by atoms with Gasteiger partial charge in [-0.15, -0.1) is 0 Å². The van der Waals surface area contributed by atoms with E-state index in [1.165, 1.54) is 4.90 Å². The number of thiazole rings is 1. The molecular formula is C13H22N4O4S. The molecule has 0 saturated carbocycles. The van der Waals surface area contributed by atoms with Crippen LogP contribution in [0.2, 0.25) is 0 Å². The van der Waals surface area contributed by atoms with Crippen molar-refractivity contribution < 1.29 is 14.5 Å². The van der Waals surface area contributed by atoms with Crippen LogP contribution in [-0.4, -0.2) is 53.7 Å². The summed E-state index contributed by atoms with van der Waals surface area (Å²) in [5.74, 6) is 0. The van der Waals surface area contributed by atoms with Crippen LogP contribution in [0.5, 0.6) is 0 Å². The molecule has 22 heavy (non-hydrogen) atoms. The molecule has 124 valence electrons. The summed E-state index contributed by atoms with van der Waals surface area (Å²) in [4.78, 5) is 29.8. The summed E-state index contributed by atoms with van der Waals surface area (Å²) in [5.41, 5.74) is 0. The Morgan fingerprint density at radius 3 is 2.55 bits per heavy atom. The molecule has 9 heteroatoms. The number of nitro groups is 1. The van der Waals surface area contributed by atoms with Crippen LogP contribution in [-0.2, 0) is 4.74 Å². The smallest absolute Gasteiger partial charge is 0.416 e. The van der Waals surface area contributed by atoms with E-state index in [4.69, 9.17) is 4.74 Å². The lowest BCUT2D eigenvalue weighted by Crippen LogP contribution is -2.35. The van der Waals surface area contributed by atoms with Gasteiger partial charge < -0.3 is 9.64 Å². The van der Waals surface area contributed by atoms with Gasteiger partial charge in [0.2, 0.25) is 5.13 Å². The topological polar surface area (TPSA) is 88.8 Å². The molecule has 0 aliphatic heterocycles. The molecule has 1 aromatic rings. The Kier molecular flexibility index (Phi) is 7.75. The molecule has 0 atom stereocenters. The highest BCUT2D eigenvalue weighted by molar-refractivity contribution is 7.18. The Labute approximate surface area is 133 Å². The van der Waals surface area contributed by atoms with Gasteiger partial charge in [0, 0.05) is 6.54 Å². The van der Waals surface area contributed by atoms with E-state index in [0.29, 0.717) is 11.7 Å². The standard InChI is InChI=1S/C13H22N4O4S/c1-4-15(5-2)8-7-9-16(13(18)21-6-3)12-14-10-11(22-12)17(19)20/h10H,4-9H2,1-3H3. The van der Waals surface area contributed by atoms with Crippen LogP contribution in [0.25, 0.3) is 0 Å². The number of hydrogen-bond donors (Lipinski definition) is 0. The first-order chi connectivity index (χ1) is 10.5. The van der Waals surface area contributed by atoms with Gasteiger partial charge in [0.05, 0.1) is 11.5 Å². The molecule has 0 aliphatic rings. The Balaban J connectivity index is 2.75. The van der Waals surface area contributed by atoms with Crippen LogP contribution in [0.15, 0.2) is 6.20 Å². The van der Waals surface area contributed by atoms with E-state index in [-0.39, 0.29) is 11.6 Å². The van der Waals surface area contributed by atoms with Crippen LogP contribution < -0.4 is 4.90 Å². The van der Waals surface area contributed by atoms with Gasteiger partial charge in [0.1, 0.15) is 6.20 Å². The fraction of sp³-hybridized carbons (Fsp3) is 0.692. The third-order valence-electron chi connectivity index (χ3n) is 3.13. The summed E-state index contributed by atoms with van der Waals surface area (Å²) >= 11 is 0.875. The van der Waals surface area contributed by atoms with E-state index < -0.39 is 11.0 Å². The van der Waals surface area contributed by atoms with Gasteiger partial charge in [0.15, 0.2) is 0 Å². The van der Waals surface area contributed by atoms with Crippen LogP contribution in [0, 0.1) is 10.1 Å². The van der Waals surface area contributed by atoms with Crippen molar-refractivity contribution in [3.05, 3.63) is 16.3 Å². The maximum atomic E-state index is 12.0. The third kappa shape index (κ3) is 5.23. The van der Waals surface area contributed by atoms with E-state index in [9.17, 15) is 14.9 Å². The highest BCUT2D eigenvalue weighted by atomic mass is 32.1. The normalized spacial score (nSPS) is 10.7. The lowest BCUT2D eigenvalue weighted by atomic mass is 10.3. The first-order valence-electron chi connectivity index (χ1n) is 7.30. The molecule has 0 fully saturated rings. The SMILES string of the molecule is CCOC(=O)N(CCCN(CC)CC)c1ncc([N+](=O)[O-])s1. The van der Waals surface area contributed by atoms with Gasteiger partial charge >= 0.3 is 11.1 Å². The van der Waals surface area contributed by atoms with Crippen LogP contribution in [0.3, 0.4) is 0 Å². The van der Waals surface area contributed by atoms with Crippen molar-refractivity contribution in [3.63, 3.8) is 0 Å². The minimum absolute atomic E-state index is 0.0898. The Bertz CT molecular complexity index is 490. The summed E-state index contributed by atoms with van der Waals surface area (Å²) in [6.07, 6.45) is 1.39. The summed E-state index contributed by atoms with van der Waals surface area (Å²) < 4.78 is 5.01. The molecule has 0 radical (unpaired) electrons. The number of hydrogen-bond acceptors (Lipinski definition) is 7. The van der Waals surface area contributed by atoms with Gasteiger partial charge in [-0.05, 0) is 44.3 Å². The quantitative estimate of drug-likeness (QED) is 0.511. The second-order valence-electron chi connectivity index (χ2n) is 4.47. The van der Waals surface area contributed by atoms with Crippen molar-refractivity contribution in [1.29, 1.82) is 0 Å². The molecule has 0 N–H and O–H groups in total. The second-order valence-corrected chi connectivity index (χ2v) is 5.46. The van der Waals surface area contributed by atoms with E-state index in [1.54, 1.807) is 6.92 Å². The molecule has 0 bridgehead atoms. The van der Waals surface area contributed by atoms with E-state index >= 15 is 0 Å². The first kappa shape index (κ1) is 18.3. The number of carbonyl (C=O) groups is 1. The maximum Gasteiger partial charge on any atom is 0.416 e. The van der Waals surface area contributed by atoms with Crippen molar-refractivity contribution in [1.82, 2.24) is 9.88 Å². The Morgan fingerprint density at radius 1 is 1.36 bits per heavy atom. The minimum atomic E-state index is -0.522. The van der Waals surface area contributed by atoms with Crippen molar-refractivity contribution in [2.45, 2.75) is 27.2 Å². The van der Waals surface area contributed by atoms with E-state index in [0.717, 1.165) is 43.6 Å². The molecule has 1 aromatic heterocycles. The maximum absolute atomic E-state index is 12.0. The molecule has 1 rings (SSSR count). The molecule has 0 aromatic carbocycles. The third-order valence-corrected chi connectivity index (χ3v) is 4.10. The molecule has 0 aliphatic carbocycles. The van der Waals surface area contributed by atoms with E-state index in [1.807, 2.05) is 0 Å². The molecule has 0 unspecified atom stereocenters. The number of nitrogens with zero attached hydrogens (tertiary/aromatic N) is 4. The number of ether oxygens (including phenoxy) is 1. The molecule has 8 nitrogen and oxygen atoms in total. The number of amides is 1. The Hall–Kier alpha value is -1.74. The predicted octanol–water partition coefficient (Wildman–Crippen LogP) is 2.75. The predicted molar refractivity (Wildman–Crippen MR) is 85.5 cm³/mol. The second kappa shape index (κ2) is 9.31. The fourth-order valence-corrected chi connectivity index (χ4v) is 2.67. The van der Waals surface area contributed by atoms with Crippen molar-refractivity contribution in [2.24, 2.45) is 0 Å². The zero-order valence-corrected chi connectivity index (χ0v) is 14.0. The fourth-order valence-electron chi connectivity index (χ4n) is 1.92. The molecular weight excluding hydrogens is 308 g/mol. The monoisotopic (exact) mass is 330 g/mol. The summed E-state index contributed by atoms with van der Waals surface area (Å²) in [6, 6.07) is 0. The zero-order chi connectivity index (χ0) is 16.5. The number of carbonyl (C=O) groups excluding carboxylic acids is 1. The van der Waals surface area contributed by atoms with Crippen LogP contribution in [0.1, 0.15) is 27.2 Å². The van der Waals surface area contributed by atoms with Gasteiger partial charge in [-0.1, -0.05) is 13.8 Å². The van der Waals surface area contributed by atoms with Gasteiger partial charge in [-0.25, -0.2) is 9.78 Å². The lowest BCUT2D eigenvalue weighted by molar-refractivity contribution is -0.380. The molecule has 1 amide bonds. The first-order valence-corrected chi connectivity index (χ1v) is 8.11. The van der Waals surface area contributed by atoms with E-state index in [2.05, 4.69) is 23.7 Å². The van der Waals surface area contributed by atoms with Crippen LogP contribution in [0.4, 0.5) is 14.9 Å². The summed E-state index contributed by atoms with van der Waals surface area (Å²) in [6.45, 7) is 9.27. The average Bonchev–Trinajstić information content (AvgIpc) is 2.97. The van der Waals surface area contributed by atoms with Crippen molar-refractivity contribution in [3.8, 4) is 0 Å². The van der Waals surface area contributed by atoms with Crippen LogP contribution >= 0.6 is 11.3 Å². The highest BCUT2D eigenvalue weighted by Gasteiger charge is 2.23.